The van der Waals surface area contributed by atoms with Gasteiger partial charge in [-0.2, -0.15) is 0 Å². The number of aliphatic hydroxyl groups is 5. The molecular formula is C68H107N11O22. The summed E-state index contributed by atoms with van der Waals surface area (Å²) >= 11 is 0. The van der Waals surface area contributed by atoms with Gasteiger partial charge >= 0.3 is 11.9 Å². The minimum absolute atomic E-state index is 0.00955. The van der Waals surface area contributed by atoms with Crippen molar-refractivity contribution in [2.75, 3.05) is 32.8 Å². The van der Waals surface area contributed by atoms with Crippen LogP contribution in [0.1, 0.15) is 158 Å². The fourth-order valence-electron chi connectivity index (χ4n) is 12.4. The molecule has 5 rings (SSSR count). The van der Waals surface area contributed by atoms with Crippen LogP contribution in [0.3, 0.4) is 0 Å². The van der Waals surface area contributed by atoms with Gasteiger partial charge in [-0.05, 0) is 93.7 Å². The number of nitrogens with one attached hydrogen (secondary N) is 8. The molecule has 17 atom stereocenters. The van der Waals surface area contributed by atoms with E-state index in [1.165, 1.54) is 47.9 Å². The van der Waals surface area contributed by atoms with Crippen molar-refractivity contribution in [2.45, 2.75) is 256 Å². The molecule has 33 heteroatoms. The molecule has 33 nitrogen and oxygen atoms in total. The molecule has 1 aromatic rings. The minimum atomic E-state index is -1.83. The molecule has 0 aromatic heterocycles. The Morgan fingerprint density at radius 1 is 0.653 bits per heavy atom. The van der Waals surface area contributed by atoms with Gasteiger partial charge in [-0.25, -0.2) is 4.79 Å². The number of benzene rings is 1. The van der Waals surface area contributed by atoms with Gasteiger partial charge in [0.1, 0.15) is 78.4 Å². The van der Waals surface area contributed by atoms with E-state index in [1.54, 1.807) is 41.5 Å². The summed E-state index contributed by atoms with van der Waals surface area (Å²) in [6.45, 7) is 13.7. The van der Waals surface area contributed by atoms with Crippen LogP contribution >= 0.6 is 0 Å². The van der Waals surface area contributed by atoms with Crippen molar-refractivity contribution >= 4 is 76.9 Å². The highest BCUT2D eigenvalue weighted by Gasteiger charge is 2.45. The number of unbranched alkanes of at least 4 members (excludes halogenated alkanes) is 2. The molecule has 15 N–H and O–H groups in total. The van der Waals surface area contributed by atoms with Gasteiger partial charge in [-0.1, -0.05) is 86.8 Å². The van der Waals surface area contributed by atoms with Gasteiger partial charge in [-0.3, -0.25) is 57.5 Å². The van der Waals surface area contributed by atoms with Gasteiger partial charge in [0.25, 0.3) is 0 Å². The van der Waals surface area contributed by atoms with E-state index in [9.17, 15) is 87.9 Å². The Hall–Kier alpha value is -8.11. The van der Waals surface area contributed by atoms with Crippen molar-refractivity contribution in [2.24, 2.45) is 29.4 Å². The monoisotopic (exact) mass is 1430 g/mol. The lowest BCUT2D eigenvalue weighted by molar-refractivity contribution is -0.247. The zero-order chi connectivity index (χ0) is 75.1. The molecule has 4 saturated heterocycles. The van der Waals surface area contributed by atoms with Gasteiger partial charge in [0.2, 0.25) is 71.3 Å². The zero-order valence-corrected chi connectivity index (χ0v) is 59.4. The maximum Gasteiger partial charge on any atom is 0.329 e. The molecule has 0 bridgehead atoms. The predicted molar refractivity (Wildman–Crippen MR) is 359 cm³/mol. The normalized spacial score (nSPS) is 29.3. The summed E-state index contributed by atoms with van der Waals surface area (Å²) in [5.41, 5.74) is 5.83. The highest BCUT2D eigenvalue weighted by molar-refractivity contribution is 5.99. The maximum atomic E-state index is 14.8. The van der Waals surface area contributed by atoms with E-state index >= 15 is 0 Å². The molecule has 4 fully saturated rings. The highest BCUT2D eigenvalue weighted by atomic mass is 16.7. The lowest BCUT2D eigenvalue weighted by atomic mass is 9.95. The molecule has 0 aliphatic carbocycles. The Labute approximate surface area is 588 Å². The van der Waals surface area contributed by atoms with E-state index in [1.807, 2.05) is 6.92 Å². The van der Waals surface area contributed by atoms with Crippen molar-refractivity contribution in [3.8, 4) is 5.75 Å². The number of rotatable bonds is 21. The van der Waals surface area contributed by atoms with E-state index < -0.39 is 206 Å². The summed E-state index contributed by atoms with van der Waals surface area (Å²) in [5, 5.41) is 75.0. The summed E-state index contributed by atoms with van der Waals surface area (Å²) in [6, 6.07) is -7.79. The van der Waals surface area contributed by atoms with Crippen LogP contribution in [0.2, 0.25) is 0 Å². The number of fused-ring (bicyclic) bond motifs is 2. The first kappa shape index (κ1) is 83.6. The molecule has 101 heavy (non-hydrogen) atoms. The molecular weight excluding hydrogens is 1320 g/mol. The summed E-state index contributed by atoms with van der Waals surface area (Å²) in [4.78, 5) is 185. The molecule has 1 aromatic carbocycles. The van der Waals surface area contributed by atoms with Crippen LogP contribution in [0, 0.1) is 23.7 Å². The molecule has 4 heterocycles. The number of hydrogen-bond acceptors (Lipinski definition) is 22. The molecule has 0 saturated carbocycles. The lowest BCUT2D eigenvalue weighted by Gasteiger charge is -2.36. The average Bonchev–Trinajstić information content (AvgIpc) is 1.80. The Morgan fingerprint density at radius 3 is 1.82 bits per heavy atom. The van der Waals surface area contributed by atoms with Gasteiger partial charge < -0.3 is 103 Å². The number of aliphatic hydroxyl groups excluding tert-OH is 5. The van der Waals surface area contributed by atoms with E-state index in [-0.39, 0.29) is 88.6 Å². The first-order chi connectivity index (χ1) is 47.6. The van der Waals surface area contributed by atoms with Crippen LogP contribution in [0.15, 0.2) is 24.3 Å². The Kier molecular flexibility index (Phi) is 33.0. The Bertz CT molecular complexity index is 3030. The third kappa shape index (κ3) is 25.1. The molecule has 566 valence electrons. The van der Waals surface area contributed by atoms with Gasteiger partial charge in [0.05, 0.1) is 37.9 Å². The quantitative estimate of drug-likeness (QED) is 0.0443. The summed E-state index contributed by atoms with van der Waals surface area (Å²) in [5.74, 6) is -14.3. The first-order valence-corrected chi connectivity index (χ1v) is 35.0. The number of esters is 2. The predicted octanol–water partition coefficient (Wildman–Crippen LogP) is -2.61. The number of ether oxygens (including phenoxy) is 4. The maximum absolute atomic E-state index is 14.8. The fourth-order valence-corrected chi connectivity index (χ4v) is 12.4. The Morgan fingerprint density at radius 2 is 1.22 bits per heavy atom. The van der Waals surface area contributed by atoms with Crippen molar-refractivity contribution in [3.05, 3.63) is 29.8 Å². The van der Waals surface area contributed by atoms with E-state index in [4.69, 9.17) is 24.7 Å². The second kappa shape index (κ2) is 39.9. The molecule has 11 amide bonds. The van der Waals surface area contributed by atoms with Crippen LogP contribution in [0.5, 0.6) is 5.75 Å². The molecule has 0 spiro atoms. The van der Waals surface area contributed by atoms with Crippen molar-refractivity contribution in [3.63, 3.8) is 0 Å². The molecule has 4 aliphatic rings. The summed E-state index contributed by atoms with van der Waals surface area (Å²) < 4.78 is 22.4. The second-order valence-electron chi connectivity index (χ2n) is 27.8. The number of cyclic esters (lactones) is 1. The van der Waals surface area contributed by atoms with Gasteiger partial charge in [-0.15, -0.1) is 0 Å². The van der Waals surface area contributed by atoms with Crippen LogP contribution in [-0.2, 0) is 83.0 Å². The molecule has 0 radical (unpaired) electrons. The zero-order valence-electron chi connectivity index (χ0n) is 59.4. The van der Waals surface area contributed by atoms with Crippen LogP contribution in [0.4, 0.5) is 0 Å². The number of nitrogens with zero attached hydrogens (tertiary/aromatic N) is 2. The van der Waals surface area contributed by atoms with E-state index in [0.717, 1.165) is 19.8 Å². The largest absolute Gasteiger partial charge is 0.462 e. The SMILES string of the molecule is CCCCCC(O)CC1OC(=O)[C@@H]2CCCN2C(=O)[C@H](CC(C)C)NC(=O)[C@H]([C@@H](C)O)NC(=O)[C@H](CC(C)C)NC(=O)[C@H](CO)NC(=O)[C@H](Cc2ccc(O[C@H]3OC[C@@H](OC(C)=O)[C@H](O)[C@H]3O)cc2)NC(=O)[C@H](C(C)C)NC(=O)[C@@H]2CCCN2C(=O)CNC(=O)[C@@H](CCC(N)=O)NC(=O)C1C. The highest BCUT2D eigenvalue weighted by Crippen LogP contribution is 2.28. The number of carbonyl (C=O) groups is 13. The number of amides is 11. The van der Waals surface area contributed by atoms with Gasteiger partial charge in [0.15, 0.2) is 6.10 Å². The number of primary amides is 1. The number of nitrogens with two attached hydrogens (primary N) is 1. The Balaban J connectivity index is 1.54. The summed E-state index contributed by atoms with van der Waals surface area (Å²) in [7, 11) is 0. The van der Waals surface area contributed by atoms with Crippen molar-refractivity contribution in [1.29, 1.82) is 0 Å². The topological polar surface area (TPSA) is 489 Å². The van der Waals surface area contributed by atoms with E-state index in [0.29, 0.717) is 24.8 Å². The van der Waals surface area contributed by atoms with Crippen LogP contribution in [-0.4, -0.2) is 242 Å². The minimum Gasteiger partial charge on any atom is -0.462 e. The van der Waals surface area contributed by atoms with Gasteiger partial charge in [0, 0.05) is 39.3 Å². The smallest absolute Gasteiger partial charge is 0.329 e. The number of carbonyl (C=O) groups excluding carboxylic acids is 13. The summed E-state index contributed by atoms with van der Waals surface area (Å²) in [6.07, 6.45) is -8.30. The fraction of sp³-hybridized carbons (Fsp3) is 0.721. The standard InChI is InChI=1S/C68H107N11O22/c1-11-12-13-16-41(83)30-50-37(8)58(88)71-43(23-24-52(69)84)59(89)70-31-53(85)78-25-14-17-48(78)63(93)76-54(36(6)7)64(94)73-45(29-40-19-21-42(22-20-40)100-68-57(87)56(86)51(33-98-68)99-39(10)82)60(90)75-47(32-80)62(92)72-44(27-34(2)3)61(91)77-55(38(9)81)65(95)74-46(28-35(4)5)66(96)79-26-15-18-49(79)67(97)101-50/h19-22,34-38,41,43-51,54-57,68,80-81,83,86-87H,11-18,23-33H2,1-10H3,(H2,69,84)(H,70,89)(H,71,88)(H,72,92)(H,73,94)(H,74,95)(H,75,90)(H,76,93)(H,77,91)/t37?,38-,41?,43-,44+,45+,46+,47+,48+,49+,50?,51-,54+,55+,56+,57-,68-/m1/s1. The average molecular weight is 1430 g/mol. The molecule has 3 unspecified atom stereocenters. The molecule has 4 aliphatic heterocycles. The third-order valence-corrected chi connectivity index (χ3v) is 18.1. The van der Waals surface area contributed by atoms with Crippen LogP contribution in [0.25, 0.3) is 0 Å². The van der Waals surface area contributed by atoms with Crippen molar-refractivity contribution < 1.29 is 107 Å². The second-order valence-corrected chi connectivity index (χ2v) is 27.8. The third-order valence-electron chi connectivity index (χ3n) is 18.1. The van der Waals surface area contributed by atoms with Crippen LogP contribution < -0.4 is 53.0 Å². The van der Waals surface area contributed by atoms with Crippen molar-refractivity contribution in [1.82, 2.24) is 52.3 Å². The first-order valence-electron chi connectivity index (χ1n) is 35.0. The number of hydrogen-bond donors (Lipinski definition) is 14. The lowest BCUT2D eigenvalue weighted by Crippen LogP contribution is -2.62. The van der Waals surface area contributed by atoms with E-state index in [2.05, 4.69) is 42.5 Å².